The number of hydrazine groups is 1. The Morgan fingerprint density at radius 1 is 0.750 bits per heavy atom. The Kier molecular flexibility index (Phi) is 5.26. The highest BCUT2D eigenvalue weighted by molar-refractivity contribution is 6.00. The summed E-state index contributed by atoms with van der Waals surface area (Å²) in [6.45, 7) is 3.95. The molecule has 3 rings (SSSR count). The number of nitrogens with one attached hydrogen (secondary N) is 2. The Bertz CT molecular complexity index is 1050. The van der Waals surface area contributed by atoms with Crippen molar-refractivity contribution < 1.29 is 19.5 Å². The highest BCUT2D eigenvalue weighted by Crippen LogP contribution is 2.17. The third-order valence-corrected chi connectivity index (χ3v) is 4.30. The number of aryl methyl sites for hydroxylation is 2. The van der Waals surface area contributed by atoms with Crippen LogP contribution in [0.1, 0.15) is 42.5 Å². The van der Waals surface area contributed by atoms with Crippen LogP contribution < -0.4 is 10.9 Å². The monoisotopic (exact) mass is 377 g/mol. The van der Waals surface area contributed by atoms with E-state index in [0.29, 0.717) is 5.56 Å². The number of hydrogen-bond acceptors (Lipinski definition) is 3. The van der Waals surface area contributed by atoms with Gasteiger partial charge in [-0.25, -0.2) is 4.79 Å². The van der Waals surface area contributed by atoms with Gasteiger partial charge in [0, 0.05) is 28.2 Å². The van der Waals surface area contributed by atoms with E-state index < -0.39 is 17.8 Å². The van der Waals surface area contributed by atoms with Gasteiger partial charge in [-0.1, -0.05) is 12.1 Å². The number of hydrogen-bond donors (Lipinski definition) is 3. The maximum Gasteiger partial charge on any atom is 0.335 e. The van der Waals surface area contributed by atoms with Gasteiger partial charge in [0.15, 0.2) is 0 Å². The first-order chi connectivity index (χ1) is 13.4. The molecule has 0 radical (unpaired) electrons. The Morgan fingerprint density at radius 2 is 1.25 bits per heavy atom. The van der Waals surface area contributed by atoms with Crippen LogP contribution in [-0.2, 0) is 0 Å². The van der Waals surface area contributed by atoms with E-state index in [9.17, 15) is 14.4 Å². The van der Waals surface area contributed by atoms with Gasteiger partial charge in [0.1, 0.15) is 0 Å². The number of rotatable bonds is 4. The van der Waals surface area contributed by atoms with Crippen LogP contribution in [0.15, 0.2) is 60.7 Å². The first-order valence-electron chi connectivity index (χ1n) is 8.56. The van der Waals surface area contributed by atoms with Gasteiger partial charge in [0.25, 0.3) is 11.8 Å². The summed E-state index contributed by atoms with van der Waals surface area (Å²) in [5, 5.41) is 9.00. The molecule has 0 aliphatic carbocycles. The quantitative estimate of drug-likeness (QED) is 0.609. The predicted molar refractivity (Wildman–Crippen MR) is 104 cm³/mol. The van der Waals surface area contributed by atoms with E-state index in [1.165, 1.54) is 24.3 Å². The van der Waals surface area contributed by atoms with Gasteiger partial charge in [-0.2, -0.15) is 0 Å². The summed E-state index contributed by atoms with van der Waals surface area (Å²) in [6.07, 6.45) is 0. The van der Waals surface area contributed by atoms with E-state index in [4.69, 9.17) is 5.11 Å². The number of aromatic nitrogens is 1. The van der Waals surface area contributed by atoms with Crippen molar-refractivity contribution in [1.29, 1.82) is 0 Å². The molecule has 0 bridgehead atoms. The standard InChI is InChI=1S/C21H19N3O4/c1-13-9-10-14(2)24(13)18-8-4-6-16(12-18)20(26)23-22-19(25)15-5-3-7-17(11-15)21(27)28/h3-12H,1-2H3,(H,22,25)(H,23,26)(H,27,28). The van der Waals surface area contributed by atoms with E-state index in [1.54, 1.807) is 18.2 Å². The molecule has 0 saturated heterocycles. The predicted octanol–water partition coefficient (Wildman–Crippen LogP) is 2.87. The SMILES string of the molecule is Cc1ccc(C)n1-c1cccc(C(=O)NNC(=O)c2cccc(C(=O)O)c2)c1. The molecule has 1 heterocycles. The molecule has 7 nitrogen and oxygen atoms in total. The summed E-state index contributed by atoms with van der Waals surface area (Å²) in [4.78, 5) is 35.6. The summed E-state index contributed by atoms with van der Waals surface area (Å²) >= 11 is 0. The molecule has 28 heavy (non-hydrogen) atoms. The molecule has 0 aliphatic heterocycles. The Balaban J connectivity index is 1.72. The fourth-order valence-electron chi connectivity index (χ4n) is 2.91. The lowest BCUT2D eigenvalue weighted by Crippen LogP contribution is -2.41. The van der Waals surface area contributed by atoms with Crippen molar-refractivity contribution in [1.82, 2.24) is 15.4 Å². The zero-order chi connectivity index (χ0) is 20.3. The molecule has 2 aromatic carbocycles. The maximum atomic E-state index is 12.4. The molecule has 0 saturated carbocycles. The third-order valence-electron chi connectivity index (χ3n) is 4.30. The number of carbonyl (C=O) groups is 3. The smallest absolute Gasteiger partial charge is 0.335 e. The Hall–Kier alpha value is -3.87. The van der Waals surface area contributed by atoms with Crippen molar-refractivity contribution in [3.8, 4) is 5.69 Å². The second-order valence-corrected chi connectivity index (χ2v) is 6.30. The minimum Gasteiger partial charge on any atom is -0.478 e. The van der Waals surface area contributed by atoms with Crippen LogP contribution in [0.2, 0.25) is 0 Å². The second kappa shape index (κ2) is 7.79. The largest absolute Gasteiger partial charge is 0.478 e. The molecule has 1 aromatic heterocycles. The average Bonchev–Trinajstić information content (AvgIpc) is 3.04. The first-order valence-corrected chi connectivity index (χ1v) is 8.56. The van der Waals surface area contributed by atoms with Crippen LogP contribution in [0.25, 0.3) is 5.69 Å². The molecule has 3 aromatic rings. The topological polar surface area (TPSA) is 100 Å². The van der Waals surface area contributed by atoms with E-state index in [1.807, 2.05) is 36.6 Å². The number of nitrogens with zero attached hydrogens (tertiary/aromatic N) is 1. The van der Waals surface area contributed by atoms with E-state index in [2.05, 4.69) is 10.9 Å². The molecular formula is C21H19N3O4. The van der Waals surface area contributed by atoms with Crippen molar-refractivity contribution >= 4 is 17.8 Å². The Morgan fingerprint density at radius 3 is 1.82 bits per heavy atom. The number of amides is 2. The van der Waals surface area contributed by atoms with Gasteiger partial charge >= 0.3 is 5.97 Å². The van der Waals surface area contributed by atoms with Crippen molar-refractivity contribution in [2.24, 2.45) is 0 Å². The van der Waals surface area contributed by atoms with Crippen LogP contribution in [0, 0.1) is 13.8 Å². The minimum atomic E-state index is -1.13. The minimum absolute atomic E-state index is 0.0101. The van der Waals surface area contributed by atoms with Gasteiger partial charge in [-0.05, 0) is 62.4 Å². The third kappa shape index (κ3) is 3.93. The molecule has 3 N–H and O–H groups in total. The second-order valence-electron chi connectivity index (χ2n) is 6.30. The summed E-state index contributed by atoms with van der Waals surface area (Å²) < 4.78 is 2.02. The molecular weight excluding hydrogens is 358 g/mol. The van der Waals surface area contributed by atoms with Gasteiger partial charge in [0.05, 0.1) is 5.56 Å². The van der Waals surface area contributed by atoms with Crippen LogP contribution in [0.5, 0.6) is 0 Å². The molecule has 0 unspecified atom stereocenters. The summed E-state index contributed by atoms with van der Waals surface area (Å²) in [5.41, 5.74) is 8.08. The van der Waals surface area contributed by atoms with Crippen LogP contribution in [0.3, 0.4) is 0 Å². The Labute approximate surface area is 161 Å². The molecule has 0 atom stereocenters. The van der Waals surface area contributed by atoms with Gasteiger partial charge in [0.2, 0.25) is 0 Å². The molecule has 0 spiro atoms. The van der Waals surface area contributed by atoms with Crippen molar-refractivity contribution in [3.63, 3.8) is 0 Å². The first kappa shape index (κ1) is 18.9. The van der Waals surface area contributed by atoms with E-state index >= 15 is 0 Å². The van der Waals surface area contributed by atoms with Crippen LogP contribution in [-0.4, -0.2) is 27.5 Å². The van der Waals surface area contributed by atoms with Gasteiger partial charge in [-0.3, -0.25) is 20.4 Å². The number of carbonyl (C=O) groups excluding carboxylic acids is 2. The highest BCUT2D eigenvalue weighted by atomic mass is 16.4. The number of benzene rings is 2. The molecule has 2 amide bonds. The highest BCUT2D eigenvalue weighted by Gasteiger charge is 2.12. The lowest BCUT2D eigenvalue weighted by Gasteiger charge is -2.12. The summed E-state index contributed by atoms with van der Waals surface area (Å²) in [5.74, 6) is -2.22. The van der Waals surface area contributed by atoms with Crippen molar-refractivity contribution in [2.45, 2.75) is 13.8 Å². The van der Waals surface area contributed by atoms with E-state index in [0.717, 1.165) is 17.1 Å². The van der Waals surface area contributed by atoms with E-state index in [-0.39, 0.29) is 11.1 Å². The fourth-order valence-corrected chi connectivity index (χ4v) is 2.91. The number of carboxylic acids is 1. The molecule has 7 heteroatoms. The maximum absolute atomic E-state index is 12.4. The number of aromatic carboxylic acids is 1. The lowest BCUT2D eigenvalue weighted by molar-refractivity contribution is 0.0696. The summed E-state index contributed by atoms with van der Waals surface area (Å²) in [6, 6.07) is 16.6. The average molecular weight is 377 g/mol. The van der Waals surface area contributed by atoms with Gasteiger partial charge in [-0.15, -0.1) is 0 Å². The fraction of sp³-hybridized carbons (Fsp3) is 0.0952. The number of carboxylic acid groups (broad SMARTS) is 1. The van der Waals surface area contributed by atoms with Crippen LogP contribution >= 0.6 is 0 Å². The van der Waals surface area contributed by atoms with Crippen molar-refractivity contribution in [3.05, 3.63) is 88.7 Å². The van der Waals surface area contributed by atoms with Gasteiger partial charge < -0.3 is 9.67 Å². The van der Waals surface area contributed by atoms with Crippen LogP contribution in [0.4, 0.5) is 0 Å². The zero-order valence-electron chi connectivity index (χ0n) is 15.4. The summed E-state index contributed by atoms with van der Waals surface area (Å²) in [7, 11) is 0. The van der Waals surface area contributed by atoms with Crippen molar-refractivity contribution in [2.75, 3.05) is 0 Å². The normalized spacial score (nSPS) is 10.4. The lowest BCUT2D eigenvalue weighted by atomic mass is 10.1. The molecule has 142 valence electrons. The molecule has 0 fully saturated rings. The zero-order valence-corrected chi connectivity index (χ0v) is 15.4. The molecule has 0 aliphatic rings.